The van der Waals surface area contributed by atoms with Crippen LogP contribution < -0.4 is 0 Å². The number of fused-ring (bicyclic) bond motifs is 4. The van der Waals surface area contributed by atoms with E-state index < -0.39 is 0 Å². The maximum Gasteiger partial charge on any atom is 0.0567 e. The summed E-state index contributed by atoms with van der Waals surface area (Å²) in [4.78, 5) is 0. The van der Waals surface area contributed by atoms with E-state index >= 15 is 0 Å². The smallest absolute Gasteiger partial charge is 0.0567 e. The number of benzene rings is 5. The maximum absolute atomic E-state index is 2.44. The Labute approximate surface area is 210 Å². The third-order valence-corrected chi connectivity index (χ3v) is 7.58. The minimum atomic E-state index is 1.22. The van der Waals surface area contributed by atoms with Crippen LogP contribution in [0.15, 0.2) is 121 Å². The molecule has 5 aromatic carbocycles. The van der Waals surface area contributed by atoms with Crippen LogP contribution in [0.4, 0.5) is 0 Å². The molecular weight excluding hydrogens is 436 g/mol. The summed E-state index contributed by atoms with van der Waals surface area (Å²) < 4.78 is 4.80. The Hall–Kier alpha value is -4.56. The van der Waals surface area contributed by atoms with E-state index in [0.717, 1.165) is 0 Å². The number of hydrogen-bond donors (Lipinski definition) is 0. The van der Waals surface area contributed by atoms with Gasteiger partial charge in [0.1, 0.15) is 0 Å². The molecule has 0 bridgehead atoms. The monoisotopic (exact) mass is 462 g/mol. The van der Waals surface area contributed by atoms with Crippen LogP contribution in [0.25, 0.3) is 55.2 Å². The van der Waals surface area contributed by atoms with Crippen molar-refractivity contribution < 1.29 is 0 Å². The van der Waals surface area contributed by atoms with E-state index in [1.165, 1.54) is 66.3 Å². The predicted molar refractivity (Wildman–Crippen MR) is 153 cm³/mol. The van der Waals surface area contributed by atoms with Crippen molar-refractivity contribution in [2.45, 2.75) is 13.8 Å². The molecule has 172 valence electrons. The summed E-state index contributed by atoms with van der Waals surface area (Å²) in [6.07, 6.45) is 2.21. The van der Waals surface area contributed by atoms with E-state index in [0.29, 0.717) is 0 Å². The third kappa shape index (κ3) is 2.98. The zero-order valence-electron chi connectivity index (χ0n) is 20.4. The lowest BCUT2D eigenvalue weighted by Crippen LogP contribution is -2.06. The molecule has 0 fully saturated rings. The van der Waals surface area contributed by atoms with Gasteiger partial charge in [0.2, 0.25) is 0 Å². The minimum Gasteiger partial charge on any atom is -0.316 e. The lowest BCUT2D eigenvalue weighted by molar-refractivity contribution is 1.07. The SMILES string of the molecule is Cc1c(-n2c3ccccc3c3ccccc32)cc(-c2ccccc2)c(-n2ccc3ccccc32)c1C. The number of hydrogen-bond acceptors (Lipinski definition) is 0. The minimum absolute atomic E-state index is 1.22. The lowest BCUT2D eigenvalue weighted by atomic mass is 9.95. The Bertz CT molecular complexity index is 1850. The van der Waals surface area contributed by atoms with Crippen LogP contribution in [-0.4, -0.2) is 9.13 Å². The third-order valence-electron chi connectivity index (χ3n) is 7.58. The molecule has 0 unspecified atom stereocenters. The van der Waals surface area contributed by atoms with E-state index in [2.05, 4.69) is 144 Å². The van der Waals surface area contributed by atoms with Crippen LogP contribution >= 0.6 is 0 Å². The first-order valence-electron chi connectivity index (χ1n) is 12.5. The second kappa shape index (κ2) is 8.00. The van der Waals surface area contributed by atoms with Gasteiger partial charge in [-0.1, -0.05) is 84.9 Å². The molecule has 2 heterocycles. The average Bonchev–Trinajstić information content (AvgIpc) is 3.50. The van der Waals surface area contributed by atoms with Crippen molar-refractivity contribution in [3.8, 4) is 22.5 Å². The summed E-state index contributed by atoms with van der Waals surface area (Å²) in [6, 6.07) is 41.5. The summed E-state index contributed by atoms with van der Waals surface area (Å²) in [5, 5.41) is 3.82. The molecular formula is C34H26N2. The Morgan fingerprint density at radius 3 is 1.81 bits per heavy atom. The van der Waals surface area contributed by atoms with E-state index in [9.17, 15) is 0 Å². The molecule has 7 aromatic rings. The Kier molecular flexibility index (Phi) is 4.62. The van der Waals surface area contributed by atoms with Gasteiger partial charge < -0.3 is 9.13 Å². The molecule has 0 aliphatic carbocycles. The number of rotatable bonds is 3. The summed E-state index contributed by atoms with van der Waals surface area (Å²) in [6.45, 7) is 4.53. The quantitative estimate of drug-likeness (QED) is 0.248. The zero-order valence-corrected chi connectivity index (χ0v) is 20.4. The topological polar surface area (TPSA) is 9.86 Å². The predicted octanol–water partition coefficient (Wildman–Crippen LogP) is 9.01. The molecule has 0 N–H and O–H groups in total. The van der Waals surface area contributed by atoms with Gasteiger partial charge in [-0.2, -0.15) is 0 Å². The molecule has 0 saturated heterocycles. The van der Waals surface area contributed by atoms with Gasteiger partial charge in [0, 0.05) is 22.5 Å². The highest BCUT2D eigenvalue weighted by Gasteiger charge is 2.20. The highest BCUT2D eigenvalue weighted by atomic mass is 15.0. The fourth-order valence-electron chi connectivity index (χ4n) is 5.73. The van der Waals surface area contributed by atoms with Gasteiger partial charge in [-0.15, -0.1) is 0 Å². The van der Waals surface area contributed by atoms with Gasteiger partial charge in [-0.05, 0) is 66.3 Å². The first kappa shape index (κ1) is 20.8. The number of aromatic nitrogens is 2. The van der Waals surface area contributed by atoms with Crippen LogP contribution in [0.5, 0.6) is 0 Å². The molecule has 0 atom stereocenters. The van der Waals surface area contributed by atoms with Crippen molar-refractivity contribution in [2.75, 3.05) is 0 Å². The lowest BCUT2D eigenvalue weighted by Gasteiger charge is -2.22. The molecule has 0 aliphatic rings. The van der Waals surface area contributed by atoms with Crippen molar-refractivity contribution in [2.24, 2.45) is 0 Å². The van der Waals surface area contributed by atoms with Crippen LogP contribution in [0.1, 0.15) is 11.1 Å². The van der Waals surface area contributed by atoms with Gasteiger partial charge in [-0.3, -0.25) is 0 Å². The molecule has 7 rings (SSSR count). The molecule has 0 amide bonds. The average molecular weight is 463 g/mol. The standard InChI is InChI=1S/C34H26N2/c1-23-24(2)34(35-21-20-26-14-6-9-17-30(26)35)29(25-12-4-3-5-13-25)22-33(23)36-31-18-10-7-15-27(31)28-16-8-11-19-32(28)36/h3-22H,1-2H3. The largest absolute Gasteiger partial charge is 0.316 e. The van der Waals surface area contributed by atoms with Crippen LogP contribution in [0, 0.1) is 13.8 Å². The fourth-order valence-corrected chi connectivity index (χ4v) is 5.73. The van der Waals surface area contributed by atoms with Crippen LogP contribution in [-0.2, 0) is 0 Å². The molecule has 0 spiro atoms. The highest BCUT2D eigenvalue weighted by molar-refractivity contribution is 6.09. The summed E-state index contributed by atoms with van der Waals surface area (Å²) >= 11 is 0. The van der Waals surface area contributed by atoms with E-state index in [1.807, 2.05) is 0 Å². The van der Waals surface area contributed by atoms with Gasteiger partial charge in [0.25, 0.3) is 0 Å². The Morgan fingerprint density at radius 1 is 0.528 bits per heavy atom. The van der Waals surface area contributed by atoms with Crippen molar-refractivity contribution in [3.63, 3.8) is 0 Å². The molecule has 2 aromatic heterocycles. The first-order chi connectivity index (χ1) is 17.7. The molecule has 2 heteroatoms. The second-order valence-electron chi connectivity index (χ2n) is 9.52. The molecule has 0 radical (unpaired) electrons. The van der Waals surface area contributed by atoms with Crippen LogP contribution in [0.2, 0.25) is 0 Å². The summed E-state index contributed by atoms with van der Waals surface area (Å²) in [5.41, 5.74) is 11.2. The Morgan fingerprint density at radius 2 is 1.11 bits per heavy atom. The Balaban J connectivity index is 1.62. The zero-order chi connectivity index (χ0) is 24.2. The molecule has 2 nitrogen and oxygen atoms in total. The second-order valence-corrected chi connectivity index (χ2v) is 9.52. The molecule has 0 saturated carbocycles. The van der Waals surface area contributed by atoms with Gasteiger partial charge in [0.15, 0.2) is 0 Å². The fraction of sp³-hybridized carbons (Fsp3) is 0.0588. The van der Waals surface area contributed by atoms with Crippen molar-refractivity contribution in [1.29, 1.82) is 0 Å². The summed E-state index contributed by atoms with van der Waals surface area (Å²) in [5.74, 6) is 0. The van der Waals surface area contributed by atoms with Crippen LogP contribution in [0.3, 0.4) is 0 Å². The normalized spacial score (nSPS) is 11.6. The van der Waals surface area contributed by atoms with E-state index in [-0.39, 0.29) is 0 Å². The molecule has 36 heavy (non-hydrogen) atoms. The van der Waals surface area contributed by atoms with Gasteiger partial charge in [0.05, 0.1) is 27.9 Å². The van der Waals surface area contributed by atoms with Crippen molar-refractivity contribution in [1.82, 2.24) is 9.13 Å². The van der Waals surface area contributed by atoms with E-state index in [1.54, 1.807) is 0 Å². The van der Waals surface area contributed by atoms with Crippen molar-refractivity contribution >= 4 is 32.7 Å². The van der Waals surface area contributed by atoms with Gasteiger partial charge in [-0.25, -0.2) is 0 Å². The van der Waals surface area contributed by atoms with Gasteiger partial charge >= 0.3 is 0 Å². The van der Waals surface area contributed by atoms with Crippen molar-refractivity contribution in [3.05, 3.63) is 133 Å². The summed E-state index contributed by atoms with van der Waals surface area (Å²) in [7, 11) is 0. The first-order valence-corrected chi connectivity index (χ1v) is 12.5. The number of nitrogens with zero attached hydrogens (tertiary/aromatic N) is 2. The number of para-hydroxylation sites is 3. The maximum atomic E-state index is 2.44. The molecule has 0 aliphatic heterocycles. The van der Waals surface area contributed by atoms with E-state index in [4.69, 9.17) is 0 Å². The highest BCUT2D eigenvalue weighted by Crippen LogP contribution is 2.40.